The number of benzene rings is 2. The number of ether oxygens (including phenoxy) is 1. The number of nitrogens with zero attached hydrogens (tertiary/aromatic N) is 2. The molecule has 1 aliphatic rings. The Balaban J connectivity index is 1.71. The summed E-state index contributed by atoms with van der Waals surface area (Å²) in [5.41, 5.74) is 3.52. The van der Waals surface area contributed by atoms with Crippen LogP contribution in [0.4, 0.5) is 4.79 Å². The first-order valence-corrected chi connectivity index (χ1v) is 10.0. The summed E-state index contributed by atoms with van der Waals surface area (Å²) in [6, 6.07) is 16.2. The maximum Gasteiger partial charge on any atom is 0.338 e. The lowest BCUT2D eigenvalue weighted by Crippen LogP contribution is -2.46. The molecule has 4 rings (SSSR count). The van der Waals surface area contributed by atoms with Gasteiger partial charge in [0.15, 0.2) is 0 Å². The monoisotopic (exact) mass is 404 g/mol. The van der Waals surface area contributed by atoms with Gasteiger partial charge in [-0.25, -0.2) is 14.6 Å². The van der Waals surface area contributed by atoms with Crippen molar-refractivity contribution in [3.05, 3.63) is 77.3 Å². The zero-order valence-electron chi connectivity index (χ0n) is 17.0. The van der Waals surface area contributed by atoms with E-state index in [2.05, 4.69) is 22.1 Å². The van der Waals surface area contributed by atoms with E-state index in [1.165, 1.54) is 0 Å². The summed E-state index contributed by atoms with van der Waals surface area (Å²) in [5, 5.41) is 5.55. The fraction of sp³-hybridized carbons (Fsp3) is 0.261. The molecular weight excluding hydrogens is 380 g/mol. The summed E-state index contributed by atoms with van der Waals surface area (Å²) < 4.78 is 7.63. The van der Waals surface area contributed by atoms with Crippen LogP contribution >= 0.6 is 0 Å². The SMILES string of the molecule is CCCn1c([C@@H]2NC(=O)NC(C)=C2C(=O)OCc2ccccc2)nc2ccccc21. The second kappa shape index (κ2) is 8.41. The molecule has 0 aliphatic carbocycles. The molecule has 154 valence electrons. The molecule has 1 aromatic heterocycles. The summed E-state index contributed by atoms with van der Waals surface area (Å²) >= 11 is 0. The van der Waals surface area contributed by atoms with Gasteiger partial charge >= 0.3 is 12.0 Å². The zero-order valence-corrected chi connectivity index (χ0v) is 17.0. The molecule has 0 bridgehead atoms. The number of imidazole rings is 1. The Labute approximate surface area is 174 Å². The molecule has 0 saturated carbocycles. The molecule has 2 heterocycles. The minimum absolute atomic E-state index is 0.155. The molecule has 0 unspecified atom stereocenters. The Morgan fingerprint density at radius 1 is 1.13 bits per heavy atom. The molecule has 0 saturated heterocycles. The number of fused-ring (bicyclic) bond motifs is 1. The third-order valence-corrected chi connectivity index (χ3v) is 5.09. The Morgan fingerprint density at radius 2 is 1.87 bits per heavy atom. The minimum atomic E-state index is -0.694. The second-order valence-electron chi connectivity index (χ2n) is 7.24. The number of aryl methyl sites for hydroxylation is 1. The molecule has 1 atom stereocenters. The number of nitrogens with one attached hydrogen (secondary N) is 2. The number of amides is 2. The van der Waals surface area contributed by atoms with E-state index < -0.39 is 12.0 Å². The van der Waals surface area contributed by atoms with Crippen LogP contribution in [0, 0.1) is 0 Å². The van der Waals surface area contributed by atoms with Crippen LogP contribution in [0.25, 0.3) is 11.0 Å². The first-order valence-electron chi connectivity index (χ1n) is 10.0. The van der Waals surface area contributed by atoms with Crippen molar-refractivity contribution in [1.29, 1.82) is 0 Å². The van der Waals surface area contributed by atoms with Gasteiger partial charge < -0.3 is 19.9 Å². The highest BCUT2D eigenvalue weighted by Crippen LogP contribution is 2.30. The number of aromatic nitrogens is 2. The normalized spacial score (nSPS) is 16.3. The Kier molecular flexibility index (Phi) is 5.52. The summed E-state index contributed by atoms with van der Waals surface area (Å²) in [4.78, 5) is 30.0. The van der Waals surface area contributed by atoms with Crippen LogP contribution in [0.1, 0.15) is 37.7 Å². The third kappa shape index (κ3) is 3.78. The van der Waals surface area contributed by atoms with Gasteiger partial charge in [-0.05, 0) is 31.0 Å². The molecule has 0 spiro atoms. The molecule has 0 fully saturated rings. The molecule has 2 amide bonds. The van der Waals surface area contributed by atoms with Crippen molar-refractivity contribution in [1.82, 2.24) is 20.2 Å². The quantitative estimate of drug-likeness (QED) is 0.612. The van der Waals surface area contributed by atoms with Gasteiger partial charge in [0.05, 0.1) is 16.6 Å². The molecule has 7 nitrogen and oxygen atoms in total. The van der Waals surface area contributed by atoms with Gasteiger partial charge in [0.2, 0.25) is 0 Å². The molecule has 2 N–H and O–H groups in total. The van der Waals surface area contributed by atoms with Gasteiger partial charge in [-0.3, -0.25) is 0 Å². The minimum Gasteiger partial charge on any atom is -0.457 e. The predicted octanol–water partition coefficient (Wildman–Crippen LogP) is 3.82. The van der Waals surface area contributed by atoms with Crippen LogP contribution in [0.15, 0.2) is 65.9 Å². The standard InChI is InChI=1S/C23H24N4O3/c1-3-13-27-18-12-8-7-11-17(18)25-21(27)20-19(15(2)24-23(29)26-20)22(28)30-14-16-9-5-4-6-10-16/h4-12,20H,3,13-14H2,1-2H3,(H2,24,26,29)/t20-/m1/s1. The van der Waals surface area contributed by atoms with E-state index in [0.29, 0.717) is 17.1 Å². The maximum atomic E-state index is 13.0. The summed E-state index contributed by atoms with van der Waals surface area (Å²) in [5.74, 6) is 0.142. The fourth-order valence-electron chi connectivity index (χ4n) is 3.73. The average molecular weight is 404 g/mol. The number of para-hydroxylation sites is 2. The number of allylic oxidation sites excluding steroid dienone is 1. The lowest BCUT2D eigenvalue weighted by Gasteiger charge is -2.28. The van der Waals surface area contributed by atoms with Gasteiger partial charge in [-0.15, -0.1) is 0 Å². The lowest BCUT2D eigenvalue weighted by atomic mass is 10.0. The van der Waals surface area contributed by atoms with Crippen LogP contribution in [0.5, 0.6) is 0 Å². The van der Waals surface area contributed by atoms with E-state index in [1.54, 1.807) is 6.92 Å². The summed E-state index contributed by atoms with van der Waals surface area (Å²) in [7, 11) is 0. The highest BCUT2D eigenvalue weighted by molar-refractivity contribution is 5.95. The number of carbonyl (C=O) groups excluding carboxylic acids is 2. The maximum absolute atomic E-state index is 13.0. The van der Waals surface area contributed by atoms with Crippen LogP contribution in [0.2, 0.25) is 0 Å². The number of carbonyl (C=O) groups is 2. The van der Waals surface area contributed by atoms with E-state index in [1.807, 2.05) is 54.6 Å². The molecule has 7 heteroatoms. The predicted molar refractivity (Wildman–Crippen MR) is 113 cm³/mol. The smallest absolute Gasteiger partial charge is 0.338 e. The van der Waals surface area contributed by atoms with Gasteiger partial charge in [0, 0.05) is 12.2 Å². The van der Waals surface area contributed by atoms with Crippen molar-refractivity contribution in [2.45, 2.75) is 39.5 Å². The van der Waals surface area contributed by atoms with Gasteiger partial charge in [-0.1, -0.05) is 49.4 Å². The van der Waals surface area contributed by atoms with Crippen LogP contribution in [-0.2, 0) is 22.7 Å². The van der Waals surface area contributed by atoms with Crippen LogP contribution in [-0.4, -0.2) is 21.6 Å². The van der Waals surface area contributed by atoms with E-state index in [-0.39, 0.29) is 12.6 Å². The first kappa shape index (κ1) is 19.7. The van der Waals surface area contributed by atoms with E-state index in [4.69, 9.17) is 9.72 Å². The van der Waals surface area contributed by atoms with Crippen LogP contribution in [0.3, 0.4) is 0 Å². The topological polar surface area (TPSA) is 85.2 Å². The molecule has 0 radical (unpaired) electrons. The summed E-state index contributed by atoms with van der Waals surface area (Å²) in [6.07, 6.45) is 0.892. The fourth-order valence-corrected chi connectivity index (χ4v) is 3.73. The first-order chi connectivity index (χ1) is 14.6. The Hall–Kier alpha value is -3.61. The third-order valence-electron chi connectivity index (χ3n) is 5.09. The van der Waals surface area contributed by atoms with E-state index >= 15 is 0 Å². The van der Waals surface area contributed by atoms with Crippen molar-refractivity contribution in [2.24, 2.45) is 0 Å². The Morgan fingerprint density at radius 3 is 2.63 bits per heavy atom. The number of hydrogen-bond donors (Lipinski definition) is 2. The number of urea groups is 1. The van der Waals surface area contributed by atoms with E-state index in [9.17, 15) is 9.59 Å². The summed E-state index contributed by atoms with van der Waals surface area (Å²) in [6.45, 7) is 4.66. The highest BCUT2D eigenvalue weighted by atomic mass is 16.5. The van der Waals surface area contributed by atoms with Crippen molar-refractivity contribution >= 4 is 23.0 Å². The molecular formula is C23H24N4O3. The molecule has 2 aromatic carbocycles. The van der Waals surface area contributed by atoms with Gasteiger partial charge in [0.1, 0.15) is 18.5 Å². The van der Waals surface area contributed by atoms with Crippen LogP contribution < -0.4 is 10.6 Å². The molecule has 1 aliphatic heterocycles. The second-order valence-corrected chi connectivity index (χ2v) is 7.24. The molecule has 3 aromatic rings. The largest absolute Gasteiger partial charge is 0.457 e. The highest BCUT2D eigenvalue weighted by Gasteiger charge is 2.35. The van der Waals surface area contributed by atoms with Gasteiger partial charge in [-0.2, -0.15) is 0 Å². The van der Waals surface area contributed by atoms with Gasteiger partial charge in [0.25, 0.3) is 0 Å². The lowest BCUT2D eigenvalue weighted by molar-refractivity contribution is -0.140. The van der Waals surface area contributed by atoms with Crippen molar-refractivity contribution < 1.29 is 14.3 Å². The Bertz CT molecular complexity index is 1120. The van der Waals surface area contributed by atoms with Crippen molar-refractivity contribution in [2.75, 3.05) is 0 Å². The zero-order chi connectivity index (χ0) is 21.1. The van der Waals surface area contributed by atoms with Crippen molar-refractivity contribution in [3.8, 4) is 0 Å². The average Bonchev–Trinajstić information content (AvgIpc) is 3.11. The number of hydrogen-bond acceptors (Lipinski definition) is 4. The van der Waals surface area contributed by atoms with Crippen molar-refractivity contribution in [3.63, 3.8) is 0 Å². The number of rotatable bonds is 6. The number of esters is 1. The van der Waals surface area contributed by atoms with E-state index in [0.717, 1.165) is 29.6 Å². The molecule has 30 heavy (non-hydrogen) atoms.